The molecule has 0 radical (unpaired) electrons. The van der Waals surface area contributed by atoms with E-state index in [4.69, 9.17) is 20.8 Å². The van der Waals surface area contributed by atoms with Crippen LogP contribution in [0.1, 0.15) is 17.4 Å². The van der Waals surface area contributed by atoms with Gasteiger partial charge in [0.15, 0.2) is 0 Å². The third kappa shape index (κ3) is 6.09. The summed E-state index contributed by atoms with van der Waals surface area (Å²) >= 11 is 6.15. The molecular weight excluding hydrogens is 462 g/mol. The number of piperazine rings is 1. The summed E-state index contributed by atoms with van der Waals surface area (Å²) in [6, 6.07) is 18.5. The summed E-state index contributed by atoms with van der Waals surface area (Å²) in [5.41, 5.74) is 1.72. The summed E-state index contributed by atoms with van der Waals surface area (Å²) in [4.78, 5) is 4.58. The zero-order chi connectivity index (χ0) is 23.3. The van der Waals surface area contributed by atoms with Crippen LogP contribution in [0.25, 0.3) is 0 Å². The predicted molar refractivity (Wildman–Crippen MR) is 130 cm³/mol. The maximum Gasteiger partial charge on any atom is 0.215 e. The number of nitrogens with one attached hydrogen (secondary N) is 1. The molecule has 1 aliphatic heterocycles. The van der Waals surface area contributed by atoms with Gasteiger partial charge in [0.25, 0.3) is 0 Å². The summed E-state index contributed by atoms with van der Waals surface area (Å²) < 4.78 is 39.2. The largest absolute Gasteiger partial charge is 0.497 e. The van der Waals surface area contributed by atoms with Crippen LogP contribution < -0.4 is 14.4 Å². The van der Waals surface area contributed by atoms with Gasteiger partial charge < -0.3 is 14.1 Å². The Morgan fingerprint density at radius 1 is 1.03 bits per heavy atom. The number of ether oxygens (including phenoxy) is 1. The van der Waals surface area contributed by atoms with Crippen LogP contribution in [-0.2, 0) is 15.8 Å². The number of nitrogens with zero attached hydrogens (tertiary/aromatic N) is 2. The first kappa shape index (κ1) is 23.6. The maximum absolute atomic E-state index is 12.8. The lowest BCUT2D eigenvalue weighted by molar-refractivity contribution is 0.166. The highest BCUT2D eigenvalue weighted by atomic mass is 35.5. The zero-order valence-corrected chi connectivity index (χ0v) is 20.1. The smallest absolute Gasteiger partial charge is 0.215 e. The number of methoxy groups -OCH3 is 1. The van der Waals surface area contributed by atoms with Gasteiger partial charge in [0, 0.05) is 43.4 Å². The van der Waals surface area contributed by atoms with Crippen molar-refractivity contribution in [2.75, 3.05) is 44.7 Å². The molecule has 1 atom stereocenters. The Bertz CT molecular complexity index is 1130. The first-order valence-corrected chi connectivity index (χ1v) is 12.9. The molecule has 9 heteroatoms. The quantitative estimate of drug-likeness (QED) is 0.491. The molecule has 2 aromatic carbocycles. The van der Waals surface area contributed by atoms with Crippen molar-refractivity contribution in [2.45, 2.75) is 11.8 Å². The van der Waals surface area contributed by atoms with Crippen molar-refractivity contribution in [1.29, 1.82) is 0 Å². The Morgan fingerprint density at radius 2 is 1.76 bits per heavy atom. The number of hydrogen-bond donors (Lipinski definition) is 1. The molecule has 33 heavy (non-hydrogen) atoms. The van der Waals surface area contributed by atoms with E-state index in [-0.39, 0.29) is 18.3 Å². The van der Waals surface area contributed by atoms with Gasteiger partial charge in [-0.25, -0.2) is 13.1 Å². The monoisotopic (exact) mass is 489 g/mol. The molecule has 176 valence electrons. The molecular formula is C24H28ClN3O4S. The zero-order valence-electron chi connectivity index (χ0n) is 18.5. The van der Waals surface area contributed by atoms with Gasteiger partial charge >= 0.3 is 0 Å². The summed E-state index contributed by atoms with van der Waals surface area (Å²) in [6.07, 6.45) is 1.62. The molecule has 1 saturated heterocycles. The van der Waals surface area contributed by atoms with E-state index in [0.717, 1.165) is 43.4 Å². The number of furan rings is 1. The minimum absolute atomic E-state index is 0.164. The van der Waals surface area contributed by atoms with E-state index in [9.17, 15) is 8.42 Å². The highest BCUT2D eigenvalue weighted by molar-refractivity contribution is 7.88. The van der Waals surface area contributed by atoms with E-state index < -0.39 is 10.0 Å². The summed E-state index contributed by atoms with van der Waals surface area (Å²) in [7, 11) is -1.91. The first-order chi connectivity index (χ1) is 15.9. The third-order valence-corrected chi connectivity index (χ3v) is 7.53. The molecule has 2 heterocycles. The maximum atomic E-state index is 12.8. The van der Waals surface area contributed by atoms with Crippen molar-refractivity contribution in [2.24, 2.45) is 0 Å². The Balaban J connectivity index is 1.40. The molecule has 7 nitrogen and oxygen atoms in total. The average molecular weight is 490 g/mol. The molecule has 0 bridgehead atoms. The normalized spacial score (nSPS) is 16.0. The lowest BCUT2D eigenvalue weighted by atomic mass is 10.1. The van der Waals surface area contributed by atoms with Gasteiger partial charge in [-0.3, -0.25) is 4.90 Å². The van der Waals surface area contributed by atoms with Crippen molar-refractivity contribution in [1.82, 2.24) is 9.62 Å². The van der Waals surface area contributed by atoms with Crippen molar-refractivity contribution >= 4 is 27.3 Å². The SMILES string of the molecule is COc1ccc(N2CCN(C(CNS(=O)(=O)Cc3ccccc3Cl)c3ccco3)CC2)cc1. The van der Waals surface area contributed by atoms with Crippen LogP contribution in [0.5, 0.6) is 5.75 Å². The lowest BCUT2D eigenvalue weighted by Crippen LogP contribution is -2.49. The molecule has 0 amide bonds. The third-order valence-electron chi connectivity index (χ3n) is 5.86. The molecule has 1 aliphatic rings. The fourth-order valence-electron chi connectivity index (χ4n) is 4.05. The molecule has 1 N–H and O–H groups in total. The highest BCUT2D eigenvalue weighted by Crippen LogP contribution is 2.26. The lowest BCUT2D eigenvalue weighted by Gasteiger charge is -2.39. The fourth-order valence-corrected chi connectivity index (χ4v) is 5.51. The van der Waals surface area contributed by atoms with Crippen molar-refractivity contribution in [3.05, 3.63) is 83.3 Å². The molecule has 0 saturated carbocycles. The second-order valence-electron chi connectivity index (χ2n) is 7.95. The molecule has 1 fully saturated rings. The van der Waals surface area contributed by atoms with Crippen LogP contribution in [0.4, 0.5) is 5.69 Å². The number of benzene rings is 2. The minimum Gasteiger partial charge on any atom is -0.497 e. The summed E-state index contributed by atoms with van der Waals surface area (Å²) in [6.45, 7) is 3.45. The molecule has 4 rings (SSSR count). The second-order valence-corrected chi connectivity index (χ2v) is 10.2. The van der Waals surface area contributed by atoms with E-state index in [0.29, 0.717) is 10.6 Å². The minimum atomic E-state index is -3.57. The Labute approximate surface area is 200 Å². The Kier molecular flexibility index (Phi) is 7.60. The van der Waals surface area contributed by atoms with E-state index in [1.165, 1.54) is 0 Å². The van der Waals surface area contributed by atoms with Gasteiger partial charge in [-0.05, 0) is 48.0 Å². The Morgan fingerprint density at radius 3 is 2.39 bits per heavy atom. The highest BCUT2D eigenvalue weighted by Gasteiger charge is 2.28. The number of sulfonamides is 1. The van der Waals surface area contributed by atoms with Gasteiger partial charge in [-0.15, -0.1) is 0 Å². The van der Waals surface area contributed by atoms with Crippen LogP contribution in [0, 0.1) is 0 Å². The molecule has 0 aliphatic carbocycles. The van der Waals surface area contributed by atoms with E-state index in [2.05, 4.69) is 26.7 Å². The number of rotatable bonds is 9. The van der Waals surface area contributed by atoms with Crippen LogP contribution in [0.3, 0.4) is 0 Å². The second kappa shape index (κ2) is 10.6. The molecule has 3 aromatic rings. The van der Waals surface area contributed by atoms with Crippen molar-refractivity contribution < 1.29 is 17.6 Å². The van der Waals surface area contributed by atoms with Crippen LogP contribution in [0.15, 0.2) is 71.3 Å². The topological polar surface area (TPSA) is 75.0 Å². The number of halogens is 1. The van der Waals surface area contributed by atoms with E-state index in [1.807, 2.05) is 24.3 Å². The standard InChI is InChI=1S/C24H28ClN3O4S/c1-31-21-10-8-20(9-11-21)27-12-14-28(15-13-27)23(24-7-4-16-32-24)17-26-33(29,30)18-19-5-2-3-6-22(19)25/h2-11,16,23,26H,12-15,17-18H2,1H3. The summed E-state index contributed by atoms with van der Waals surface area (Å²) in [5.74, 6) is 1.41. The predicted octanol–water partition coefficient (Wildman–Crippen LogP) is 3.92. The van der Waals surface area contributed by atoms with Gasteiger partial charge in [-0.2, -0.15) is 0 Å². The van der Waals surface area contributed by atoms with E-state index in [1.54, 1.807) is 37.6 Å². The number of hydrogen-bond acceptors (Lipinski definition) is 6. The Hall–Kier alpha value is -2.52. The fraction of sp³-hybridized carbons (Fsp3) is 0.333. The van der Waals surface area contributed by atoms with E-state index >= 15 is 0 Å². The average Bonchev–Trinajstić information content (AvgIpc) is 3.36. The number of anilines is 1. The van der Waals surface area contributed by atoms with Gasteiger partial charge in [-0.1, -0.05) is 29.8 Å². The van der Waals surface area contributed by atoms with Crippen LogP contribution in [-0.4, -0.2) is 53.2 Å². The van der Waals surface area contributed by atoms with Crippen LogP contribution in [0.2, 0.25) is 5.02 Å². The van der Waals surface area contributed by atoms with Gasteiger partial charge in [0.05, 0.1) is 25.2 Å². The van der Waals surface area contributed by atoms with Gasteiger partial charge in [0.1, 0.15) is 11.5 Å². The molecule has 1 unspecified atom stereocenters. The molecule has 1 aromatic heterocycles. The summed E-state index contributed by atoms with van der Waals surface area (Å²) in [5, 5.41) is 0.445. The van der Waals surface area contributed by atoms with Gasteiger partial charge in [0.2, 0.25) is 10.0 Å². The van der Waals surface area contributed by atoms with Crippen molar-refractivity contribution in [3.63, 3.8) is 0 Å². The van der Waals surface area contributed by atoms with Crippen LogP contribution >= 0.6 is 11.6 Å². The molecule has 0 spiro atoms. The first-order valence-electron chi connectivity index (χ1n) is 10.8. The van der Waals surface area contributed by atoms with Crippen molar-refractivity contribution in [3.8, 4) is 5.75 Å².